The van der Waals surface area contributed by atoms with Crippen molar-refractivity contribution in [2.45, 2.75) is 167 Å². The van der Waals surface area contributed by atoms with Gasteiger partial charge in [-0.25, -0.2) is 4.57 Å². The Balaban J connectivity index is 4.01. The van der Waals surface area contributed by atoms with E-state index in [0.717, 1.165) is 70.6 Å². The lowest BCUT2D eigenvalue weighted by molar-refractivity contribution is -0.153. The molecule has 0 amide bonds. The normalized spacial score (nSPS) is 14.5. The van der Waals surface area contributed by atoms with Gasteiger partial charge >= 0.3 is 19.8 Å². The van der Waals surface area contributed by atoms with E-state index in [1.54, 1.807) is 0 Å². The molecule has 10 nitrogen and oxygen atoms in total. The Morgan fingerprint density at radius 3 is 1.33 bits per heavy atom. The lowest BCUT2D eigenvalue weighted by Gasteiger charge is -2.20. The third kappa shape index (κ3) is 34.8. The lowest BCUT2D eigenvalue weighted by Crippen LogP contribution is -2.28. The maximum absolute atomic E-state index is 12.3. The van der Waals surface area contributed by atoms with E-state index in [2.05, 4.69) is 62.5 Å². The summed E-state index contributed by atoms with van der Waals surface area (Å²) in [5, 5.41) is 19.1. The first-order valence-electron chi connectivity index (χ1n) is 19.6. The largest absolute Gasteiger partial charge is 0.472 e. The van der Waals surface area contributed by atoms with Crippen LogP contribution in [-0.2, 0) is 32.7 Å². The van der Waals surface area contributed by atoms with E-state index in [0.29, 0.717) is 12.8 Å². The number of rotatable bonds is 36. The molecule has 0 fully saturated rings. The summed E-state index contributed by atoms with van der Waals surface area (Å²) < 4.78 is 32.4. The van der Waals surface area contributed by atoms with Gasteiger partial charge in [0.05, 0.1) is 26.4 Å². The first-order chi connectivity index (χ1) is 24.8. The number of unbranched alkanes of at least 4 members (excludes halogenated alkanes) is 14. The van der Waals surface area contributed by atoms with Gasteiger partial charge in [-0.05, 0) is 51.4 Å². The van der Waals surface area contributed by atoms with E-state index in [1.165, 1.54) is 44.9 Å². The van der Waals surface area contributed by atoms with Gasteiger partial charge in [-0.15, -0.1) is 0 Å². The van der Waals surface area contributed by atoms with Crippen molar-refractivity contribution in [1.29, 1.82) is 0 Å². The smallest absolute Gasteiger partial charge is 0.457 e. The molecular weight excluding hydrogens is 671 g/mol. The molecule has 0 rings (SSSR count). The van der Waals surface area contributed by atoms with Gasteiger partial charge in [-0.1, -0.05) is 140 Å². The van der Waals surface area contributed by atoms with Crippen LogP contribution in [0.3, 0.4) is 0 Å². The number of esters is 2. The predicted molar refractivity (Wildman–Crippen MR) is 205 cm³/mol. The standard InChI is InChI=1S/C40H71O10P/c1-3-5-7-9-11-13-15-16-17-18-19-20-22-24-26-28-30-32-40(44)50-38(34-42)36-48-51(45,46)47-35-37(33-41)49-39(43)31-29-27-25-23-21-14-12-10-8-6-4-2/h5,7,11,13,16-17,19-20,37-38,41-42H,3-4,6,8-10,12,14-15,18,21-36H2,1-2H3,(H,45,46)/b7-5-,13-11-,17-16-,20-19-. The van der Waals surface area contributed by atoms with Crippen LogP contribution in [0.2, 0.25) is 0 Å². The molecule has 3 N–H and O–H groups in total. The molecule has 0 heterocycles. The summed E-state index contributed by atoms with van der Waals surface area (Å²) in [6.07, 6.45) is 36.6. The fourth-order valence-electron chi connectivity index (χ4n) is 5.05. The van der Waals surface area contributed by atoms with Crippen molar-refractivity contribution < 1.29 is 47.8 Å². The Morgan fingerprint density at radius 2 is 0.922 bits per heavy atom. The van der Waals surface area contributed by atoms with Gasteiger partial charge in [0.15, 0.2) is 0 Å². The van der Waals surface area contributed by atoms with Crippen molar-refractivity contribution in [2.75, 3.05) is 26.4 Å². The predicted octanol–water partition coefficient (Wildman–Crippen LogP) is 9.78. The summed E-state index contributed by atoms with van der Waals surface area (Å²) >= 11 is 0. The van der Waals surface area contributed by atoms with Crippen LogP contribution in [0.25, 0.3) is 0 Å². The van der Waals surface area contributed by atoms with Gasteiger partial charge in [-0.3, -0.25) is 18.6 Å². The number of phosphoric acid groups is 1. The Kier molecular flexibility index (Phi) is 34.8. The van der Waals surface area contributed by atoms with E-state index in [4.69, 9.17) is 18.5 Å². The maximum Gasteiger partial charge on any atom is 0.472 e. The molecule has 3 unspecified atom stereocenters. The molecule has 0 aromatic heterocycles. The van der Waals surface area contributed by atoms with Crippen molar-refractivity contribution in [1.82, 2.24) is 0 Å². The van der Waals surface area contributed by atoms with Gasteiger partial charge in [0.25, 0.3) is 0 Å². The van der Waals surface area contributed by atoms with Crippen LogP contribution in [0, 0.1) is 0 Å². The molecule has 0 saturated heterocycles. The molecule has 0 aromatic rings. The number of allylic oxidation sites excluding steroid dienone is 8. The van der Waals surface area contributed by atoms with Gasteiger partial charge in [0.2, 0.25) is 0 Å². The van der Waals surface area contributed by atoms with Crippen molar-refractivity contribution in [3.8, 4) is 0 Å². The molecule has 3 atom stereocenters. The fourth-order valence-corrected chi connectivity index (χ4v) is 5.83. The zero-order valence-corrected chi connectivity index (χ0v) is 32.7. The highest BCUT2D eigenvalue weighted by molar-refractivity contribution is 7.47. The highest BCUT2D eigenvalue weighted by atomic mass is 31.2. The van der Waals surface area contributed by atoms with Crippen molar-refractivity contribution in [3.63, 3.8) is 0 Å². The summed E-state index contributed by atoms with van der Waals surface area (Å²) in [6.45, 7) is 2.04. The zero-order valence-electron chi connectivity index (χ0n) is 31.8. The van der Waals surface area contributed by atoms with Crippen LogP contribution < -0.4 is 0 Å². The quantitative estimate of drug-likeness (QED) is 0.0245. The summed E-state index contributed by atoms with van der Waals surface area (Å²) in [5.41, 5.74) is 0. The first-order valence-corrected chi connectivity index (χ1v) is 21.1. The summed E-state index contributed by atoms with van der Waals surface area (Å²) in [4.78, 5) is 34.4. The van der Waals surface area contributed by atoms with Crippen molar-refractivity contribution >= 4 is 19.8 Å². The monoisotopic (exact) mass is 742 g/mol. The number of phosphoric ester groups is 1. The third-order valence-electron chi connectivity index (χ3n) is 8.06. The molecular formula is C40H71O10P. The van der Waals surface area contributed by atoms with Crippen LogP contribution in [0.4, 0.5) is 0 Å². The minimum Gasteiger partial charge on any atom is -0.457 e. The van der Waals surface area contributed by atoms with Crippen LogP contribution in [0.5, 0.6) is 0 Å². The summed E-state index contributed by atoms with van der Waals surface area (Å²) in [6, 6.07) is 0. The molecule has 0 aromatic carbocycles. The number of hydrogen-bond donors (Lipinski definition) is 3. The number of ether oxygens (including phenoxy) is 2. The highest BCUT2D eigenvalue weighted by Gasteiger charge is 2.27. The SMILES string of the molecule is CC/C=C\C/C=C\C/C=C\C/C=C\CCCCCCC(=O)OC(CO)COP(=O)(O)OCC(CO)OC(=O)CCCCCCCCCCCCC. The van der Waals surface area contributed by atoms with Gasteiger partial charge < -0.3 is 24.6 Å². The van der Waals surface area contributed by atoms with E-state index >= 15 is 0 Å². The third-order valence-corrected chi connectivity index (χ3v) is 9.01. The number of aliphatic hydroxyl groups is 2. The minimum absolute atomic E-state index is 0.163. The Morgan fingerprint density at radius 1 is 0.549 bits per heavy atom. The molecule has 0 aliphatic heterocycles. The molecule has 51 heavy (non-hydrogen) atoms. The lowest BCUT2D eigenvalue weighted by atomic mass is 10.1. The topological polar surface area (TPSA) is 149 Å². The van der Waals surface area contributed by atoms with Crippen LogP contribution in [-0.4, -0.2) is 65.7 Å². The van der Waals surface area contributed by atoms with E-state index in [-0.39, 0.29) is 12.8 Å². The molecule has 0 saturated carbocycles. The number of aliphatic hydroxyl groups excluding tert-OH is 2. The second-order valence-electron chi connectivity index (χ2n) is 12.9. The van der Waals surface area contributed by atoms with Crippen LogP contribution in [0.1, 0.15) is 155 Å². The van der Waals surface area contributed by atoms with Gasteiger partial charge in [-0.2, -0.15) is 0 Å². The zero-order chi connectivity index (χ0) is 37.7. The summed E-state index contributed by atoms with van der Waals surface area (Å²) in [5.74, 6) is -1.05. The molecule has 11 heteroatoms. The number of hydrogen-bond acceptors (Lipinski definition) is 9. The van der Waals surface area contributed by atoms with Crippen molar-refractivity contribution in [2.24, 2.45) is 0 Å². The van der Waals surface area contributed by atoms with Crippen LogP contribution in [0.15, 0.2) is 48.6 Å². The van der Waals surface area contributed by atoms with Crippen molar-refractivity contribution in [3.05, 3.63) is 48.6 Å². The molecule has 0 spiro atoms. The summed E-state index contributed by atoms with van der Waals surface area (Å²) in [7, 11) is -4.64. The van der Waals surface area contributed by atoms with Crippen LogP contribution >= 0.6 is 7.82 Å². The Labute approximate surface area is 309 Å². The Hall–Kier alpha value is -2.07. The molecule has 0 aliphatic rings. The Bertz CT molecular complexity index is 994. The molecule has 0 radical (unpaired) electrons. The number of carbonyl (C=O) groups excluding carboxylic acids is 2. The molecule has 296 valence electrons. The molecule has 0 aliphatic carbocycles. The maximum atomic E-state index is 12.3. The average molecular weight is 743 g/mol. The van der Waals surface area contributed by atoms with Gasteiger partial charge in [0.1, 0.15) is 12.2 Å². The van der Waals surface area contributed by atoms with E-state index in [1.807, 2.05) is 0 Å². The molecule has 0 bridgehead atoms. The highest BCUT2D eigenvalue weighted by Crippen LogP contribution is 2.43. The van der Waals surface area contributed by atoms with Gasteiger partial charge in [0, 0.05) is 12.8 Å². The first kappa shape index (κ1) is 48.9. The van der Waals surface area contributed by atoms with E-state index in [9.17, 15) is 29.3 Å². The average Bonchev–Trinajstić information content (AvgIpc) is 3.12. The fraction of sp³-hybridized carbons (Fsp3) is 0.750. The van der Waals surface area contributed by atoms with E-state index < -0.39 is 58.4 Å². The second-order valence-corrected chi connectivity index (χ2v) is 14.3. The minimum atomic E-state index is -4.64. The number of carbonyl (C=O) groups is 2. The second kappa shape index (κ2) is 36.3.